The topological polar surface area (TPSA) is 90.5 Å². The van der Waals surface area contributed by atoms with E-state index in [2.05, 4.69) is 0 Å². The number of rotatable bonds is 8. The highest BCUT2D eigenvalue weighted by Crippen LogP contribution is 2.31. The van der Waals surface area contributed by atoms with Crippen LogP contribution >= 0.6 is 0 Å². The minimum atomic E-state index is -1.17. The number of Topliss-reactive ketones (excluding diaryl/α,β-unsaturated/α-hetero) is 1. The number of aryl methyl sites for hydroxylation is 2. The van der Waals surface area contributed by atoms with E-state index >= 15 is 0 Å². The summed E-state index contributed by atoms with van der Waals surface area (Å²) in [4.78, 5) is 38.0. The van der Waals surface area contributed by atoms with Crippen molar-refractivity contribution in [3.05, 3.63) is 63.7 Å². The summed E-state index contributed by atoms with van der Waals surface area (Å²) in [5, 5.41) is 9.82. The van der Waals surface area contributed by atoms with Crippen LogP contribution in [0, 0.1) is 0 Å². The number of aromatic carboxylic acids is 1. The predicted molar refractivity (Wildman–Crippen MR) is 110 cm³/mol. The lowest BCUT2D eigenvalue weighted by Crippen LogP contribution is -2.27. The molecule has 7 heteroatoms. The zero-order valence-electron chi connectivity index (χ0n) is 16.8. The number of carbonyl (C=O) groups excluding carboxylic acids is 1. The summed E-state index contributed by atoms with van der Waals surface area (Å²) in [6, 6.07) is 10.6. The standard InChI is InChI=1S/C22H24N2O5/c1-4-9-15-12-16-18(20(29-5-2)19(22(27)28)23(16)3)21(26)24(15)13-17(25)14-10-7-6-8-11-14/h6-8,10-12H,4-5,9,13H2,1-3H3,(H,27,28). The summed E-state index contributed by atoms with van der Waals surface area (Å²) >= 11 is 0. The number of benzene rings is 1. The molecule has 1 N–H and O–H groups in total. The Morgan fingerprint density at radius 3 is 2.41 bits per heavy atom. The van der Waals surface area contributed by atoms with Gasteiger partial charge in [0.15, 0.2) is 17.2 Å². The average Bonchev–Trinajstić information content (AvgIpc) is 2.98. The number of aromatic nitrogens is 2. The van der Waals surface area contributed by atoms with Gasteiger partial charge in [0, 0.05) is 18.3 Å². The molecule has 1 aromatic carbocycles. The van der Waals surface area contributed by atoms with E-state index in [1.165, 1.54) is 9.13 Å². The van der Waals surface area contributed by atoms with Gasteiger partial charge in [0.1, 0.15) is 5.39 Å². The monoisotopic (exact) mass is 396 g/mol. The van der Waals surface area contributed by atoms with Crippen molar-refractivity contribution in [3.8, 4) is 5.75 Å². The van der Waals surface area contributed by atoms with Crippen LogP contribution in [0.15, 0.2) is 41.2 Å². The second kappa shape index (κ2) is 8.34. The molecule has 0 aliphatic heterocycles. The van der Waals surface area contributed by atoms with E-state index in [1.807, 2.05) is 13.0 Å². The van der Waals surface area contributed by atoms with E-state index in [0.29, 0.717) is 23.2 Å². The third-order valence-electron chi connectivity index (χ3n) is 4.90. The van der Waals surface area contributed by atoms with Crippen molar-refractivity contribution in [3.63, 3.8) is 0 Å². The molecule has 152 valence electrons. The van der Waals surface area contributed by atoms with Crippen LogP contribution in [0.25, 0.3) is 10.9 Å². The number of nitrogens with zero attached hydrogens (tertiary/aromatic N) is 2. The lowest BCUT2D eigenvalue weighted by molar-refractivity contribution is 0.0682. The number of carboxylic acids is 1. The van der Waals surface area contributed by atoms with E-state index in [9.17, 15) is 19.5 Å². The van der Waals surface area contributed by atoms with Gasteiger partial charge in [-0.2, -0.15) is 0 Å². The summed E-state index contributed by atoms with van der Waals surface area (Å²) in [6.45, 7) is 3.82. The minimum Gasteiger partial charge on any atom is -0.490 e. The molecule has 0 spiro atoms. The highest BCUT2D eigenvalue weighted by Gasteiger charge is 2.26. The van der Waals surface area contributed by atoms with Gasteiger partial charge in [0.25, 0.3) is 5.56 Å². The Morgan fingerprint density at radius 2 is 1.83 bits per heavy atom. The van der Waals surface area contributed by atoms with Crippen LogP contribution in [0.4, 0.5) is 0 Å². The Bertz CT molecular complexity index is 1130. The first-order valence-electron chi connectivity index (χ1n) is 9.60. The zero-order valence-corrected chi connectivity index (χ0v) is 16.8. The molecular formula is C22H24N2O5. The van der Waals surface area contributed by atoms with Gasteiger partial charge in [-0.1, -0.05) is 43.7 Å². The number of ether oxygens (including phenoxy) is 1. The Labute approximate surface area is 168 Å². The number of carbonyl (C=O) groups is 2. The van der Waals surface area contributed by atoms with Gasteiger partial charge in [-0.3, -0.25) is 9.59 Å². The van der Waals surface area contributed by atoms with E-state index < -0.39 is 11.5 Å². The number of hydrogen-bond acceptors (Lipinski definition) is 4. The normalized spacial score (nSPS) is 11.0. The van der Waals surface area contributed by atoms with Crippen LogP contribution in [-0.4, -0.2) is 32.6 Å². The molecule has 0 amide bonds. The van der Waals surface area contributed by atoms with Gasteiger partial charge in [0.2, 0.25) is 0 Å². The maximum Gasteiger partial charge on any atom is 0.356 e. The second-order valence-electron chi connectivity index (χ2n) is 6.80. The van der Waals surface area contributed by atoms with Gasteiger partial charge in [-0.05, 0) is 19.4 Å². The van der Waals surface area contributed by atoms with Gasteiger partial charge >= 0.3 is 5.97 Å². The third kappa shape index (κ3) is 3.68. The molecular weight excluding hydrogens is 372 g/mol. The van der Waals surface area contributed by atoms with Crippen LogP contribution in [0.1, 0.15) is 46.8 Å². The molecule has 2 aromatic heterocycles. The largest absolute Gasteiger partial charge is 0.490 e. The molecule has 0 fully saturated rings. The highest BCUT2D eigenvalue weighted by atomic mass is 16.5. The van der Waals surface area contributed by atoms with E-state index in [1.54, 1.807) is 44.3 Å². The number of carboxylic acid groups (broad SMARTS) is 1. The SMILES string of the molecule is CCCc1cc2c(c(OCC)c(C(=O)O)n2C)c(=O)n1CC(=O)c1ccccc1. The average molecular weight is 396 g/mol. The molecule has 2 heterocycles. The summed E-state index contributed by atoms with van der Waals surface area (Å²) in [5.41, 5.74) is 1.21. The fraction of sp³-hybridized carbons (Fsp3) is 0.318. The number of hydrogen-bond donors (Lipinski definition) is 1. The molecule has 0 aliphatic rings. The molecule has 0 unspecified atom stereocenters. The third-order valence-corrected chi connectivity index (χ3v) is 4.90. The number of ketones is 1. The Hall–Kier alpha value is -3.35. The molecule has 0 radical (unpaired) electrons. The van der Waals surface area contributed by atoms with Crippen LogP contribution in [0.5, 0.6) is 5.75 Å². The molecule has 29 heavy (non-hydrogen) atoms. The molecule has 3 aromatic rings. The maximum absolute atomic E-state index is 13.4. The zero-order chi connectivity index (χ0) is 21.1. The van der Waals surface area contributed by atoms with Crippen LogP contribution in [0.3, 0.4) is 0 Å². The summed E-state index contributed by atoms with van der Waals surface area (Å²) in [6.07, 6.45) is 1.36. The fourth-order valence-corrected chi connectivity index (χ4v) is 3.57. The minimum absolute atomic E-state index is 0.0476. The van der Waals surface area contributed by atoms with Gasteiger partial charge in [-0.15, -0.1) is 0 Å². The highest BCUT2D eigenvalue weighted by molar-refractivity contribution is 6.01. The lowest BCUT2D eigenvalue weighted by atomic mass is 10.1. The van der Waals surface area contributed by atoms with Crippen molar-refractivity contribution in [1.29, 1.82) is 0 Å². The molecule has 0 saturated carbocycles. The Balaban J connectivity index is 2.26. The van der Waals surface area contributed by atoms with Crippen molar-refractivity contribution in [1.82, 2.24) is 9.13 Å². The van der Waals surface area contributed by atoms with Gasteiger partial charge in [-0.25, -0.2) is 4.79 Å². The van der Waals surface area contributed by atoms with Crippen molar-refractivity contribution in [2.45, 2.75) is 33.2 Å². The van der Waals surface area contributed by atoms with Crippen LogP contribution < -0.4 is 10.3 Å². The molecule has 0 saturated heterocycles. The summed E-state index contributed by atoms with van der Waals surface area (Å²) < 4.78 is 8.46. The fourth-order valence-electron chi connectivity index (χ4n) is 3.57. The first kappa shape index (κ1) is 20.4. The van der Waals surface area contributed by atoms with Crippen LogP contribution in [-0.2, 0) is 20.0 Å². The maximum atomic E-state index is 13.4. The van der Waals surface area contributed by atoms with E-state index in [4.69, 9.17) is 4.74 Å². The molecule has 0 aliphatic carbocycles. The van der Waals surface area contributed by atoms with Crippen molar-refractivity contribution in [2.75, 3.05) is 6.61 Å². The molecule has 0 bridgehead atoms. The first-order chi connectivity index (χ1) is 13.9. The van der Waals surface area contributed by atoms with Crippen LogP contribution in [0.2, 0.25) is 0 Å². The first-order valence-corrected chi connectivity index (χ1v) is 9.60. The number of pyridine rings is 1. The quantitative estimate of drug-likeness (QED) is 0.590. The summed E-state index contributed by atoms with van der Waals surface area (Å²) in [7, 11) is 1.60. The number of fused-ring (bicyclic) bond motifs is 1. The smallest absolute Gasteiger partial charge is 0.356 e. The van der Waals surface area contributed by atoms with E-state index in [-0.39, 0.29) is 35.8 Å². The molecule has 7 nitrogen and oxygen atoms in total. The van der Waals surface area contributed by atoms with Crippen molar-refractivity contribution >= 4 is 22.7 Å². The Morgan fingerprint density at radius 1 is 1.14 bits per heavy atom. The summed E-state index contributed by atoms with van der Waals surface area (Å²) in [5.74, 6) is -1.31. The second-order valence-corrected chi connectivity index (χ2v) is 6.80. The van der Waals surface area contributed by atoms with Gasteiger partial charge < -0.3 is 19.0 Å². The van der Waals surface area contributed by atoms with E-state index in [0.717, 1.165) is 6.42 Å². The molecule has 0 atom stereocenters. The predicted octanol–water partition coefficient (Wildman–Crippen LogP) is 3.27. The van der Waals surface area contributed by atoms with Crippen molar-refractivity contribution in [2.24, 2.45) is 7.05 Å². The lowest BCUT2D eigenvalue weighted by Gasteiger charge is -2.13. The van der Waals surface area contributed by atoms with Gasteiger partial charge in [0.05, 0.1) is 18.7 Å². The molecule has 3 rings (SSSR count). The van der Waals surface area contributed by atoms with Crippen molar-refractivity contribution < 1.29 is 19.4 Å². The Kier molecular flexibility index (Phi) is 5.87.